The zero-order chi connectivity index (χ0) is 21.1. The molecule has 2 aliphatic rings. The highest BCUT2D eigenvalue weighted by Gasteiger charge is 2.58. The van der Waals surface area contributed by atoms with E-state index in [1.165, 1.54) is 6.20 Å². The highest BCUT2D eigenvalue weighted by atomic mass is 32.2. The zero-order valence-corrected chi connectivity index (χ0v) is 17.4. The van der Waals surface area contributed by atoms with Crippen LogP contribution in [0.3, 0.4) is 0 Å². The van der Waals surface area contributed by atoms with Gasteiger partial charge in [0.25, 0.3) is 0 Å². The molecule has 1 spiro atoms. The van der Waals surface area contributed by atoms with E-state index in [2.05, 4.69) is 20.3 Å². The molecule has 0 radical (unpaired) electrons. The third-order valence-corrected chi connectivity index (χ3v) is 7.33. The van der Waals surface area contributed by atoms with Crippen LogP contribution in [-0.2, 0) is 20.0 Å². The molecule has 1 aromatic carbocycles. The zero-order valence-electron chi connectivity index (χ0n) is 16.6. The summed E-state index contributed by atoms with van der Waals surface area (Å²) < 4.78 is 23.9. The number of carbonyl (C=O) groups excluding carboxylic acids is 1. The Hall–Kier alpha value is -3.13. The van der Waals surface area contributed by atoms with E-state index in [0.29, 0.717) is 12.2 Å². The second-order valence-corrected chi connectivity index (χ2v) is 10.0. The van der Waals surface area contributed by atoms with E-state index in [-0.39, 0.29) is 16.7 Å². The first kappa shape index (κ1) is 18.9. The Morgan fingerprint density at radius 1 is 1.07 bits per heavy atom. The number of hydrogen-bond acceptors (Lipinski definition) is 6. The van der Waals surface area contributed by atoms with Gasteiger partial charge in [0, 0.05) is 48.2 Å². The van der Waals surface area contributed by atoms with Gasteiger partial charge in [-0.1, -0.05) is 12.1 Å². The number of rotatable bonds is 3. The van der Waals surface area contributed by atoms with E-state index < -0.39 is 15.3 Å². The Kier molecular flexibility index (Phi) is 4.05. The van der Waals surface area contributed by atoms with Crippen molar-refractivity contribution in [2.45, 2.75) is 36.0 Å². The molecular weight excluding hydrogens is 400 g/mol. The fraction of sp³-hybridized carbons (Fsp3) is 0.273. The summed E-state index contributed by atoms with van der Waals surface area (Å²) in [6, 6.07) is 7.58. The highest BCUT2D eigenvalue weighted by molar-refractivity contribution is 7.90. The van der Waals surface area contributed by atoms with E-state index in [1.807, 2.05) is 25.1 Å². The first-order chi connectivity index (χ1) is 14.3. The number of carbonyl (C=O) groups is 1. The number of nitrogens with one attached hydrogen (secondary N) is 1. The molecule has 1 amide bonds. The van der Waals surface area contributed by atoms with Gasteiger partial charge >= 0.3 is 0 Å². The largest absolute Gasteiger partial charge is 0.325 e. The highest BCUT2D eigenvalue weighted by Crippen LogP contribution is 2.59. The number of sulfone groups is 1. The van der Waals surface area contributed by atoms with Crippen molar-refractivity contribution < 1.29 is 13.2 Å². The van der Waals surface area contributed by atoms with Gasteiger partial charge in [-0.05, 0) is 48.6 Å². The summed E-state index contributed by atoms with van der Waals surface area (Å²) in [5.41, 5.74) is 3.65. The summed E-state index contributed by atoms with van der Waals surface area (Å²) in [7, 11) is -3.37. The fourth-order valence-corrected chi connectivity index (χ4v) is 5.17. The Balaban J connectivity index is 1.55. The van der Waals surface area contributed by atoms with E-state index >= 15 is 0 Å². The summed E-state index contributed by atoms with van der Waals surface area (Å²) in [5.74, 6) is 0.548. The minimum atomic E-state index is -3.37. The summed E-state index contributed by atoms with van der Waals surface area (Å²) in [4.78, 5) is 25.9. The van der Waals surface area contributed by atoms with Crippen LogP contribution in [0.2, 0.25) is 0 Å². The third-order valence-electron chi connectivity index (χ3n) is 6.25. The quantitative estimate of drug-likeness (QED) is 0.699. The van der Waals surface area contributed by atoms with Crippen LogP contribution in [-0.4, -0.2) is 35.5 Å². The van der Waals surface area contributed by atoms with Crippen molar-refractivity contribution in [2.75, 3.05) is 11.6 Å². The predicted molar refractivity (Wildman–Crippen MR) is 112 cm³/mol. The van der Waals surface area contributed by atoms with E-state index in [4.69, 9.17) is 0 Å². The van der Waals surface area contributed by atoms with Crippen molar-refractivity contribution in [3.63, 3.8) is 0 Å². The van der Waals surface area contributed by atoms with Gasteiger partial charge in [0.05, 0.1) is 10.3 Å². The van der Waals surface area contributed by atoms with Crippen molar-refractivity contribution in [1.82, 2.24) is 15.0 Å². The molecule has 0 bridgehead atoms. The van der Waals surface area contributed by atoms with Crippen molar-refractivity contribution in [1.29, 1.82) is 0 Å². The van der Waals surface area contributed by atoms with Gasteiger partial charge in [-0.2, -0.15) is 0 Å². The van der Waals surface area contributed by atoms with Crippen LogP contribution in [0.15, 0.2) is 53.9 Å². The molecule has 5 rings (SSSR count). The van der Waals surface area contributed by atoms with Crippen molar-refractivity contribution >= 4 is 21.4 Å². The lowest BCUT2D eigenvalue weighted by molar-refractivity contribution is -0.124. The van der Waals surface area contributed by atoms with Gasteiger partial charge in [0.2, 0.25) is 5.91 Å². The molecule has 1 aliphatic carbocycles. The Labute approximate surface area is 174 Å². The van der Waals surface area contributed by atoms with Gasteiger partial charge in [-0.15, -0.1) is 0 Å². The average molecular weight is 420 g/mol. The smallest absolute Gasteiger partial charge is 0.235 e. The number of pyridine rings is 1. The van der Waals surface area contributed by atoms with Crippen LogP contribution in [0.5, 0.6) is 0 Å². The standard InChI is InChI=1S/C22H20N4O3S/c1-13-24-10-16(11-25-13)14-3-4-19-20(8-14)26-21(27)22(19)6-5-18(22)15-7-17(12-23-9-15)30(2,28)29/h3-4,7-12,18H,5-6H2,1-2H3,(H,26,27). The average Bonchev–Trinajstić information content (AvgIpc) is 3.00. The third kappa shape index (κ3) is 2.74. The summed E-state index contributed by atoms with van der Waals surface area (Å²) in [6.45, 7) is 1.83. The lowest BCUT2D eigenvalue weighted by atomic mass is 9.55. The number of aryl methyl sites for hydroxylation is 1. The van der Waals surface area contributed by atoms with Crippen LogP contribution in [0, 0.1) is 6.92 Å². The van der Waals surface area contributed by atoms with E-state index in [0.717, 1.165) is 40.6 Å². The normalized spacial score (nSPS) is 22.5. The predicted octanol–water partition coefficient (Wildman–Crippen LogP) is 3.02. The van der Waals surface area contributed by atoms with Crippen LogP contribution < -0.4 is 5.32 Å². The molecule has 3 heterocycles. The molecule has 1 aliphatic heterocycles. The van der Waals surface area contributed by atoms with Crippen LogP contribution in [0.1, 0.15) is 35.7 Å². The summed E-state index contributed by atoms with van der Waals surface area (Å²) in [5, 5.41) is 3.04. The maximum atomic E-state index is 13.1. The minimum absolute atomic E-state index is 0.0455. The molecule has 152 valence electrons. The molecule has 2 aromatic heterocycles. The molecule has 3 aromatic rings. The van der Waals surface area contributed by atoms with E-state index in [1.54, 1.807) is 24.7 Å². The number of anilines is 1. The van der Waals surface area contributed by atoms with Crippen molar-refractivity contribution in [3.8, 4) is 11.1 Å². The summed E-state index contributed by atoms with van der Waals surface area (Å²) in [6.07, 6.45) is 9.24. The summed E-state index contributed by atoms with van der Waals surface area (Å²) >= 11 is 0. The molecule has 2 atom stereocenters. The van der Waals surface area contributed by atoms with Gasteiger partial charge in [-0.3, -0.25) is 9.78 Å². The molecule has 7 nitrogen and oxygen atoms in total. The number of hydrogen-bond donors (Lipinski definition) is 1. The number of aromatic nitrogens is 3. The van der Waals surface area contributed by atoms with Crippen molar-refractivity contribution in [2.24, 2.45) is 0 Å². The Morgan fingerprint density at radius 2 is 1.83 bits per heavy atom. The Bertz CT molecular complexity index is 1290. The molecule has 2 unspecified atom stereocenters. The molecule has 1 N–H and O–H groups in total. The Morgan fingerprint density at radius 3 is 2.50 bits per heavy atom. The first-order valence-electron chi connectivity index (χ1n) is 9.69. The van der Waals surface area contributed by atoms with Crippen LogP contribution in [0.25, 0.3) is 11.1 Å². The van der Waals surface area contributed by atoms with Crippen LogP contribution >= 0.6 is 0 Å². The number of benzene rings is 1. The molecule has 30 heavy (non-hydrogen) atoms. The number of nitrogens with zero attached hydrogens (tertiary/aromatic N) is 3. The lowest BCUT2D eigenvalue weighted by Gasteiger charge is -2.45. The van der Waals surface area contributed by atoms with Crippen LogP contribution in [0.4, 0.5) is 5.69 Å². The topological polar surface area (TPSA) is 102 Å². The lowest BCUT2D eigenvalue weighted by Crippen LogP contribution is -2.48. The fourth-order valence-electron chi connectivity index (χ4n) is 4.57. The molecule has 1 fully saturated rings. The SMILES string of the molecule is Cc1ncc(-c2ccc3c(c2)NC(=O)C32CCC2c2cncc(S(C)(=O)=O)c2)cn1. The number of fused-ring (bicyclic) bond motifs is 2. The second kappa shape index (κ2) is 6.43. The number of amides is 1. The van der Waals surface area contributed by atoms with Gasteiger partial charge < -0.3 is 5.32 Å². The van der Waals surface area contributed by atoms with Gasteiger partial charge in [0.15, 0.2) is 9.84 Å². The molecule has 1 saturated carbocycles. The monoisotopic (exact) mass is 420 g/mol. The molecule has 0 saturated heterocycles. The van der Waals surface area contributed by atoms with Crippen molar-refractivity contribution in [3.05, 3.63) is 66.0 Å². The maximum Gasteiger partial charge on any atom is 0.235 e. The van der Waals surface area contributed by atoms with E-state index in [9.17, 15) is 13.2 Å². The van der Waals surface area contributed by atoms with Gasteiger partial charge in [-0.25, -0.2) is 18.4 Å². The molecule has 8 heteroatoms. The minimum Gasteiger partial charge on any atom is -0.325 e. The maximum absolute atomic E-state index is 13.1. The first-order valence-corrected chi connectivity index (χ1v) is 11.6. The molecular formula is C22H20N4O3S. The van der Waals surface area contributed by atoms with Gasteiger partial charge in [0.1, 0.15) is 5.82 Å². The second-order valence-electron chi connectivity index (χ2n) is 8.02.